The fraction of sp³-hybridized carbons (Fsp3) is 0.636. The smallest absolute Gasteiger partial charge is 0.324 e. The molecule has 1 N–H and O–H groups in total. The third-order valence-electron chi connectivity index (χ3n) is 2.09. The lowest BCUT2D eigenvalue weighted by Crippen LogP contribution is -2.35. The molecule has 0 aliphatic carbocycles. The largest absolute Gasteiger partial charge is 0.478 e. The topological polar surface area (TPSA) is 47.0 Å². The zero-order valence-corrected chi connectivity index (χ0v) is 10.6. The highest BCUT2D eigenvalue weighted by Crippen LogP contribution is 2.23. The minimum atomic E-state index is -4.13. The Morgan fingerprint density at radius 3 is 2.63 bits per heavy atom. The second-order valence-corrected chi connectivity index (χ2v) is 3.93. The standard InChI is InChI=1S/C11H15F4N3O/c1-3-4-19-8-5-7(2)17-10(18-8)16-6-11(14,15)9(12)13/h5,9H,3-4,6H2,1-2H3,(H,16,17,18). The molecule has 0 spiro atoms. The molecule has 0 atom stereocenters. The molecule has 19 heavy (non-hydrogen) atoms. The van der Waals surface area contributed by atoms with E-state index in [2.05, 4.69) is 15.3 Å². The molecule has 0 bridgehead atoms. The molecule has 0 unspecified atom stereocenters. The monoisotopic (exact) mass is 281 g/mol. The van der Waals surface area contributed by atoms with Crippen LogP contribution in [0.2, 0.25) is 0 Å². The van der Waals surface area contributed by atoms with E-state index in [0.717, 1.165) is 6.42 Å². The Morgan fingerprint density at radius 1 is 1.37 bits per heavy atom. The molecule has 0 saturated carbocycles. The number of anilines is 1. The number of ether oxygens (including phenoxy) is 1. The maximum atomic E-state index is 12.7. The Kier molecular flexibility index (Phi) is 5.31. The van der Waals surface area contributed by atoms with Crippen LogP contribution in [0, 0.1) is 6.92 Å². The molecule has 0 amide bonds. The number of hydrogen-bond donors (Lipinski definition) is 1. The first-order valence-electron chi connectivity index (χ1n) is 5.73. The summed E-state index contributed by atoms with van der Waals surface area (Å²) in [5.41, 5.74) is 0.490. The van der Waals surface area contributed by atoms with Crippen LogP contribution in [0.3, 0.4) is 0 Å². The fourth-order valence-corrected chi connectivity index (χ4v) is 1.17. The van der Waals surface area contributed by atoms with E-state index < -0.39 is 18.9 Å². The van der Waals surface area contributed by atoms with Crippen LogP contribution in [0.4, 0.5) is 23.5 Å². The maximum absolute atomic E-state index is 12.7. The summed E-state index contributed by atoms with van der Waals surface area (Å²) in [4.78, 5) is 7.63. The molecule has 0 aliphatic heterocycles. The molecule has 8 heteroatoms. The number of nitrogens with zero attached hydrogens (tertiary/aromatic N) is 2. The Bertz CT molecular complexity index is 415. The molecular formula is C11H15F4N3O. The average Bonchev–Trinajstić information content (AvgIpc) is 2.33. The van der Waals surface area contributed by atoms with Gasteiger partial charge in [-0.25, -0.2) is 13.8 Å². The van der Waals surface area contributed by atoms with Gasteiger partial charge in [0, 0.05) is 11.8 Å². The Hall–Kier alpha value is -1.60. The summed E-state index contributed by atoms with van der Waals surface area (Å²) in [6.45, 7) is 2.71. The van der Waals surface area contributed by atoms with Gasteiger partial charge in [0.15, 0.2) is 0 Å². The second-order valence-electron chi connectivity index (χ2n) is 3.93. The third kappa shape index (κ3) is 4.88. The van der Waals surface area contributed by atoms with Gasteiger partial charge in [0.1, 0.15) is 0 Å². The van der Waals surface area contributed by atoms with Crippen LogP contribution < -0.4 is 10.1 Å². The number of alkyl halides is 4. The third-order valence-corrected chi connectivity index (χ3v) is 2.09. The Labute approximate surface area is 108 Å². The summed E-state index contributed by atoms with van der Waals surface area (Å²) < 4.78 is 54.7. The van der Waals surface area contributed by atoms with Crippen molar-refractivity contribution in [1.29, 1.82) is 0 Å². The number of halogens is 4. The lowest BCUT2D eigenvalue weighted by atomic mass is 10.3. The average molecular weight is 281 g/mol. The maximum Gasteiger partial charge on any atom is 0.324 e. The van der Waals surface area contributed by atoms with Crippen molar-refractivity contribution in [1.82, 2.24) is 9.97 Å². The molecule has 0 aromatic carbocycles. The predicted molar refractivity (Wildman–Crippen MR) is 62.0 cm³/mol. The van der Waals surface area contributed by atoms with Gasteiger partial charge in [-0.05, 0) is 13.3 Å². The molecule has 0 radical (unpaired) electrons. The van der Waals surface area contributed by atoms with E-state index in [4.69, 9.17) is 4.74 Å². The van der Waals surface area contributed by atoms with E-state index in [9.17, 15) is 17.6 Å². The quantitative estimate of drug-likeness (QED) is 0.781. The SMILES string of the molecule is CCCOc1cc(C)nc(NCC(F)(F)C(F)F)n1. The van der Waals surface area contributed by atoms with Crippen LogP contribution in [0.25, 0.3) is 0 Å². The summed E-state index contributed by atoms with van der Waals surface area (Å²) in [6, 6.07) is 1.53. The molecular weight excluding hydrogens is 266 g/mol. The molecule has 1 aromatic heterocycles. The molecule has 0 fully saturated rings. The highest BCUT2D eigenvalue weighted by molar-refractivity contribution is 5.31. The van der Waals surface area contributed by atoms with Crippen LogP contribution in [0.15, 0.2) is 6.07 Å². The summed E-state index contributed by atoms with van der Waals surface area (Å²) in [5.74, 6) is -4.07. The van der Waals surface area contributed by atoms with E-state index in [-0.39, 0.29) is 11.8 Å². The van der Waals surface area contributed by atoms with Crippen LogP contribution >= 0.6 is 0 Å². The van der Waals surface area contributed by atoms with Gasteiger partial charge in [-0.3, -0.25) is 0 Å². The van der Waals surface area contributed by atoms with Gasteiger partial charge < -0.3 is 10.1 Å². The predicted octanol–water partition coefficient (Wildman–Crippen LogP) is 2.89. The summed E-state index contributed by atoms with van der Waals surface area (Å²) in [5, 5.41) is 2.09. The van der Waals surface area contributed by atoms with Gasteiger partial charge in [-0.1, -0.05) is 6.92 Å². The zero-order chi connectivity index (χ0) is 14.5. The number of hydrogen-bond acceptors (Lipinski definition) is 4. The van der Waals surface area contributed by atoms with Crippen LogP contribution in [0.5, 0.6) is 5.88 Å². The molecule has 4 nitrogen and oxygen atoms in total. The van der Waals surface area contributed by atoms with Crippen molar-refractivity contribution in [2.75, 3.05) is 18.5 Å². The lowest BCUT2D eigenvalue weighted by molar-refractivity contribution is -0.117. The van der Waals surface area contributed by atoms with Crippen molar-refractivity contribution in [3.8, 4) is 5.88 Å². The molecule has 1 rings (SSSR count). The van der Waals surface area contributed by atoms with Crippen molar-refractivity contribution in [2.24, 2.45) is 0 Å². The first-order chi connectivity index (χ1) is 8.85. The van der Waals surface area contributed by atoms with Crippen molar-refractivity contribution in [3.05, 3.63) is 11.8 Å². The van der Waals surface area contributed by atoms with E-state index >= 15 is 0 Å². The number of nitrogens with one attached hydrogen (secondary N) is 1. The van der Waals surface area contributed by atoms with Crippen molar-refractivity contribution < 1.29 is 22.3 Å². The Balaban J connectivity index is 2.70. The molecule has 1 heterocycles. The first-order valence-corrected chi connectivity index (χ1v) is 5.73. The molecule has 0 aliphatic rings. The van der Waals surface area contributed by atoms with Crippen LogP contribution in [-0.2, 0) is 0 Å². The van der Waals surface area contributed by atoms with E-state index in [0.29, 0.717) is 12.3 Å². The van der Waals surface area contributed by atoms with Crippen LogP contribution in [0.1, 0.15) is 19.0 Å². The molecule has 1 aromatic rings. The highest BCUT2D eigenvalue weighted by atomic mass is 19.3. The van der Waals surface area contributed by atoms with Gasteiger partial charge in [-0.2, -0.15) is 13.8 Å². The minimum absolute atomic E-state index is 0.161. The lowest BCUT2D eigenvalue weighted by Gasteiger charge is -2.16. The second kappa shape index (κ2) is 6.53. The van der Waals surface area contributed by atoms with E-state index in [1.165, 1.54) is 6.07 Å². The van der Waals surface area contributed by atoms with E-state index in [1.807, 2.05) is 6.92 Å². The highest BCUT2D eigenvalue weighted by Gasteiger charge is 2.40. The normalized spacial score (nSPS) is 11.7. The summed E-state index contributed by atoms with van der Waals surface area (Å²) in [6.07, 6.45) is -2.98. The number of aromatic nitrogens is 2. The van der Waals surface area contributed by atoms with Crippen molar-refractivity contribution in [3.63, 3.8) is 0 Å². The van der Waals surface area contributed by atoms with Crippen molar-refractivity contribution in [2.45, 2.75) is 32.6 Å². The Morgan fingerprint density at radius 2 is 2.05 bits per heavy atom. The minimum Gasteiger partial charge on any atom is -0.478 e. The van der Waals surface area contributed by atoms with Crippen LogP contribution in [-0.4, -0.2) is 35.5 Å². The summed E-state index contributed by atoms with van der Waals surface area (Å²) in [7, 11) is 0. The summed E-state index contributed by atoms with van der Waals surface area (Å²) >= 11 is 0. The van der Waals surface area contributed by atoms with Gasteiger partial charge in [0.2, 0.25) is 11.8 Å². The van der Waals surface area contributed by atoms with Gasteiger partial charge in [0.25, 0.3) is 0 Å². The first kappa shape index (κ1) is 15.5. The van der Waals surface area contributed by atoms with Gasteiger partial charge in [-0.15, -0.1) is 0 Å². The zero-order valence-electron chi connectivity index (χ0n) is 10.6. The van der Waals surface area contributed by atoms with E-state index in [1.54, 1.807) is 6.92 Å². The molecule has 0 saturated heterocycles. The molecule has 108 valence electrons. The number of aryl methyl sites for hydroxylation is 1. The van der Waals surface area contributed by atoms with Crippen molar-refractivity contribution >= 4 is 5.95 Å². The van der Waals surface area contributed by atoms with Gasteiger partial charge >= 0.3 is 12.3 Å². The van der Waals surface area contributed by atoms with Gasteiger partial charge in [0.05, 0.1) is 13.2 Å². The number of rotatable bonds is 7. The fourth-order valence-electron chi connectivity index (χ4n) is 1.17.